The number of halogens is 6. The number of phenols is 1. The lowest BCUT2D eigenvalue weighted by molar-refractivity contribution is -0.385. The van der Waals surface area contributed by atoms with Crippen LogP contribution in [0.2, 0.25) is 0 Å². The highest BCUT2D eigenvalue weighted by Crippen LogP contribution is 2.42. The molecule has 216 valence electrons. The predicted molar refractivity (Wildman–Crippen MR) is 136 cm³/mol. The summed E-state index contributed by atoms with van der Waals surface area (Å²) in [6.45, 7) is 6.10. The van der Waals surface area contributed by atoms with Crippen molar-refractivity contribution < 1.29 is 41.2 Å². The SMILES string of the molecule is Cc1c([N+](=O)[O-])cc(C(C)(C)C)c(O)c1C(=O)Nc1ccc(C(C#N)c2cccc(C(F)(F)F)c2)c(C(F)(F)F)c1. The molecule has 0 heterocycles. The quantitative estimate of drug-likeness (QED) is 0.181. The van der Waals surface area contributed by atoms with E-state index < -0.39 is 73.9 Å². The zero-order valence-electron chi connectivity index (χ0n) is 22.0. The molecule has 0 radical (unpaired) electrons. The zero-order chi connectivity index (χ0) is 31.1. The fraction of sp³-hybridized carbons (Fsp3) is 0.286. The molecule has 7 nitrogen and oxygen atoms in total. The van der Waals surface area contributed by atoms with E-state index >= 15 is 0 Å². The summed E-state index contributed by atoms with van der Waals surface area (Å²) in [6, 6.07) is 8.47. The predicted octanol–water partition coefficient (Wildman–Crippen LogP) is 7.85. The van der Waals surface area contributed by atoms with Crippen LogP contribution in [0.5, 0.6) is 5.75 Å². The first-order chi connectivity index (χ1) is 18.8. The fourth-order valence-corrected chi connectivity index (χ4v) is 4.34. The average Bonchev–Trinajstić information content (AvgIpc) is 2.83. The molecule has 0 aromatic heterocycles. The van der Waals surface area contributed by atoms with Crippen LogP contribution in [0.25, 0.3) is 0 Å². The van der Waals surface area contributed by atoms with Crippen LogP contribution in [0.4, 0.5) is 37.7 Å². The van der Waals surface area contributed by atoms with Crippen LogP contribution in [-0.4, -0.2) is 15.9 Å². The van der Waals surface area contributed by atoms with Gasteiger partial charge in [0.05, 0.1) is 33.6 Å². The Kier molecular flexibility index (Phi) is 8.12. The van der Waals surface area contributed by atoms with Crippen LogP contribution in [-0.2, 0) is 17.8 Å². The second-order valence-corrected chi connectivity index (χ2v) is 10.2. The summed E-state index contributed by atoms with van der Waals surface area (Å²) >= 11 is 0. The summed E-state index contributed by atoms with van der Waals surface area (Å²) in [5.41, 5.74) is -5.96. The van der Waals surface area contributed by atoms with E-state index in [-0.39, 0.29) is 16.7 Å². The van der Waals surface area contributed by atoms with Crippen LogP contribution in [0.15, 0.2) is 48.5 Å². The van der Waals surface area contributed by atoms with Gasteiger partial charge in [-0.25, -0.2) is 0 Å². The zero-order valence-corrected chi connectivity index (χ0v) is 22.0. The van der Waals surface area contributed by atoms with Crippen molar-refractivity contribution in [3.8, 4) is 11.8 Å². The molecular weight excluding hydrogens is 556 g/mol. The molecule has 3 aromatic rings. The van der Waals surface area contributed by atoms with Crippen LogP contribution in [0.3, 0.4) is 0 Å². The Bertz CT molecular complexity index is 1570. The molecule has 1 atom stereocenters. The van der Waals surface area contributed by atoms with Crippen molar-refractivity contribution in [3.63, 3.8) is 0 Å². The molecule has 1 amide bonds. The molecule has 3 rings (SSSR count). The topological polar surface area (TPSA) is 116 Å². The summed E-state index contributed by atoms with van der Waals surface area (Å²) in [7, 11) is 0. The van der Waals surface area contributed by atoms with Crippen LogP contribution in [0, 0.1) is 28.4 Å². The lowest BCUT2D eigenvalue weighted by Gasteiger charge is -2.23. The number of carbonyl (C=O) groups is 1. The normalized spacial score (nSPS) is 12.9. The number of benzene rings is 3. The number of anilines is 1. The van der Waals surface area contributed by atoms with Crippen LogP contribution in [0.1, 0.15) is 70.4 Å². The molecule has 0 aliphatic rings. The minimum atomic E-state index is -5.09. The first-order valence-electron chi connectivity index (χ1n) is 11.9. The Labute approximate surface area is 230 Å². The third-order valence-corrected chi connectivity index (χ3v) is 6.37. The number of nitriles is 1. The molecule has 0 fully saturated rings. The van der Waals surface area contributed by atoms with Gasteiger partial charge >= 0.3 is 12.4 Å². The van der Waals surface area contributed by atoms with Gasteiger partial charge < -0.3 is 10.4 Å². The molecule has 0 saturated carbocycles. The largest absolute Gasteiger partial charge is 0.507 e. The van der Waals surface area contributed by atoms with Crippen molar-refractivity contribution in [1.29, 1.82) is 5.26 Å². The molecular formula is C28H23F6N3O4. The van der Waals surface area contributed by atoms with Gasteiger partial charge in [-0.3, -0.25) is 14.9 Å². The van der Waals surface area contributed by atoms with Gasteiger partial charge in [-0.05, 0) is 41.7 Å². The highest BCUT2D eigenvalue weighted by atomic mass is 19.4. The number of amides is 1. The van der Waals surface area contributed by atoms with Gasteiger partial charge in [0.15, 0.2) is 0 Å². The second kappa shape index (κ2) is 10.8. The van der Waals surface area contributed by atoms with Gasteiger partial charge in [0.2, 0.25) is 0 Å². The van der Waals surface area contributed by atoms with E-state index in [4.69, 9.17) is 0 Å². The minimum Gasteiger partial charge on any atom is -0.507 e. The summed E-state index contributed by atoms with van der Waals surface area (Å²) in [4.78, 5) is 24.0. The van der Waals surface area contributed by atoms with Crippen molar-refractivity contribution in [3.05, 3.63) is 97.6 Å². The van der Waals surface area contributed by atoms with E-state index in [0.29, 0.717) is 12.1 Å². The lowest BCUT2D eigenvalue weighted by atomic mass is 9.83. The molecule has 3 aromatic carbocycles. The number of hydrogen-bond donors (Lipinski definition) is 2. The molecule has 0 spiro atoms. The van der Waals surface area contributed by atoms with E-state index in [1.165, 1.54) is 6.92 Å². The number of hydrogen-bond acceptors (Lipinski definition) is 5. The summed E-state index contributed by atoms with van der Waals surface area (Å²) < 4.78 is 81.9. The third-order valence-electron chi connectivity index (χ3n) is 6.37. The number of nitrogens with one attached hydrogen (secondary N) is 1. The van der Waals surface area contributed by atoms with Crippen molar-refractivity contribution in [2.45, 2.75) is 51.4 Å². The van der Waals surface area contributed by atoms with Gasteiger partial charge in [0.25, 0.3) is 11.6 Å². The highest BCUT2D eigenvalue weighted by molar-refractivity contribution is 6.08. The van der Waals surface area contributed by atoms with E-state index in [2.05, 4.69) is 5.32 Å². The number of phenolic OH excluding ortho intramolecular Hbond substituents is 1. The number of alkyl halides is 6. The van der Waals surface area contributed by atoms with Crippen molar-refractivity contribution >= 4 is 17.3 Å². The lowest BCUT2D eigenvalue weighted by Crippen LogP contribution is -2.20. The van der Waals surface area contributed by atoms with Crippen molar-refractivity contribution in [1.82, 2.24) is 0 Å². The van der Waals surface area contributed by atoms with Crippen molar-refractivity contribution in [2.24, 2.45) is 0 Å². The maximum atomic E-state index is 14.1. The Morgan fingerprint density at radius 3 is 2.15 bits per heavy atom. The second-order valence-electron chi connectivity index (χ2n) is 10.2. The Hall–Kier alpha value is -4.60. The maximum Gasteiger partial charge on any atom is 0.416 e. The Morgan fingerprint density at radius 1 is 1.00 bits per heavy atom. The summed E-state index contributed by atoms with van der Waals surface area (Å²) in [5.74, 6) is -3.46. The summed E-state index contributed by atoms with van der Waals surface area (Å²) in [6.07, 6.45) is -9.88. The molecule has 0 aliphatic carbocycles. The van der Waals surface area contributed by atoms with Gasteiger partial charge in [-0.1, -0.05) is 45.0 Å². The number of nitro groups is 1. The first-order valence-corrected chi connectivity index (χ1v) is 11.9. The standard InChI is InChI=1S/C28H23F6N3O4/c1-14-22(37(40)41)12-21(26(2,3)4)24(38)23(14)25(39)36-17-8-9-18(20(11-17)28(32,33)34)19(13-35)15-6-5-7-16(10-15)27(29,30)31/h5-12,19,38H,1-4H3,(H,36,39). The third kappa shape index (κ3) is 6.42. The van der Waals surface area contributed by atoms with E-state index in [0.717, 1.165) is 36.4 Å². The Balaban J connectivity index is 2.12. The fourth-order valence-electron chi connectivity index (χ4n) is 4.34. The number of carbonyl (C=O) groups excluding carboxylic acids is 1. The minimum absolute atomic E-state index is 0.0595. The van der Waals surface area contributed by atoms with E-state index in [1.54, 1.807) is 26.8 Å². The average molecular weight is 579 g/mol. The number of nitro benzene ring substituents is 1. The van der Waals surface area contributed by atoms with Gasteiger partial charge in [-0.15, -0.1) is 0 Å². The van der Waals surface area contributed by atoms with Crippen molar-refractivity contribution in [2.75, 3.05) is 5.32 Å². The number of rotatable bonds is 5. The number of aromatic hydroxyl groups is 1. The smallest absolute Gasteiger partial charge is 0.416 e. The molecule has 1 unspecified atom stereocenters. The van der Waals surface area contributed by atoms with E-state index in [9.17, 15) is 51.6 Å². The van der Waals surface area contributed by atoms with Gasteiger partial charge in [0.1, 0.15) is 5.75 Å². The van der Waals surface area contributed by atoms with Gasteiger partial charge in [-0.2, -0.15) is 31.6 Å². The van der Waals surface area contributed by atoms with Crippen LogP contribution >= 0.6 is 0 Å². The van der Waals surface area contributed by atoms with Gasteiger partial charge in [0, 0.05) is 22.9 Å². The molecule has 0 saturated heterocycles. The molecule has 41 heavy (non-hydrogen) atoms. The highest BCUT2D eigenvalue weighted by Gasteiger charge is 2.38. The molecule has 0 bridgehead atoms. The Morgan fingerprint density at radius 2 is 1.63 bits per heavy atom. The van der Waals surface area contributed by atoms with E-state index in [1.807, 2.05) is 0 Å². The monoisotopic (exact) mass is 579 g/mol. The molecule has 13 heteroatoms. The molecule has 2 N–H and O–H groups in total. The maximum absolute atomic E-state index is 14.1. The molecule has 0 aliphatic heterocycles. The summed E-state index contributed by atoms with van der Waals surface area (Å²) in [5, 5.41) is 34.3. The number of nitrogens with zero attached hydrogens (tertiary/aromatic N) is 2. The van der Waals surface area contributed by atoms with Crippen LogP contribution < -0.4 is 5.32 Å². The first kappa shape index (κ1) is 30.9.